The summed E-state index contributed by atoms with van der Waals surface area (Å²) in [4.78, 5) is 11.9. The van der Waals surface area contributed by atoms with Gasteiger partial charge in [0.25, 0.3) is 0 Å². The molecule has 0 aliphatic rings. The molecule has 0 aliphatic carbocycles. The maximum absolute atomic E-state index is 11.9. The zero-order chi connectivity index (χ0) is 18.2. The van der Waals surface area contributed by atoms with Crippen LogP contribution in [-0.4, -0.2) is 24.5 Å². The molecule has 2 rings (SSSR count). The van der Waals surface area contributed by atoms with Crippen molar-refractivity contribution in [2.24, 2.45) is 5.10 Å². The predicted octanol–water partition coefficient (Wildman–Crippen LogP) is 4.99. The largest absolute Gasteiger partial charge is 0.496 e. The first-order chi connectivity index (χ1) is 12.0. The number of nitrogens with zero attached hydrogens (tertiary/aromatic N) is 1. The Balaban J connectivity index is 1.85. The summed E-state index contributed by atoms with van der Waals surface area (Å²) in [6, 6.07) is 13.7. The van der Waals surface area contributed by atoms with Crippen LogP contribution in [0.25, 0.3) is 0 Å². The number of hydrogen-bond donors (Lipinski definition) is 1. The number of thioether (sulfide) groups is 1. The number of ether oxygens (including phenoxy) is 1. The number of amides is 1. The van der Waals surface area contributed by atoms with E-state index in [1.54, 1.807) is 18.9 Å². The third-order valence-electron chi connectivity index (χ3n) is 3.37. The lowest BCUT2D eigenvalue weighted by atomic mass is 10.1. The maximum atomic E-state index is 11.9. The van der Waals surface area contributed by atoms with Crippen LogP contribution in [0, 0.1) is 0 Å². The second-order valence-corrected chi connectivity index (χ2v) is 7.86. The molecule has 1 amide bonds. The predicted molar refractivity (Wildman–Crippen MR) is 111 cm³/mol. The lowest BCUT2D eigenvalue weighted by Crippen LogP contribution is -2.21. The van der Waals surface area contributed by atoms with Crippen LogP contribution in [0.2, 0.25) is 0 Å². The molecule has 0 fully saturated rings. The Bertz CT molecular complexity index is 781. The average molecular weight is 486 g/mol. The van der Waals surface area contributed by atoms with Gasteiger partial charge in [-0.1, -0.05) is 34.1 Å². The number of hydrazone groups is 1. The number of methoxy groups -OCH3 is 1. The summed E-state index contributed by atoms with van der Waals surface area (Å²) < 4.78 is 7.11. The van der Waals surface area contributed by atoms with E-state index in [0.717, 1.165) is 31.7 Å². The monoisotopic (exact) mass is 484 g/mol. The van der Waals surface area contributed by atoms with Crippen LogP contribution in [0.3, 0.4) is 0 Å². The molecule has 0 aromatic heterocycles. The molecule has 132 valence electrons. The highest BCUT2D eigenvalue weighted by molar-refractivity contribution is 9.10. The van der Waals surface area contributed by atoms with E-state index in [9.17, 15) is 4.79 Å². The first kappa shape index (κ1) is 20.0. The van der Waals surface area contributed by atoms with Gasteiger partial charge in [-0.3, -0.25) is 4.79 Å². The summed E-state index contributed by atoms with van der Waals surface area (Å²) in [5, 5.41) is 4.17. The van der Waals surface area contributed by atoms with Crippen molar-refractivity contribution in [3.05, 3.63) is 62.5 Å². The zero-order valence-electron chi connectivity index (χ0n) is 13.9. The number of halogens is 2. The minimum Gasteiger partial charge on any atom is -0.496 e. The lowest BCUT2D eigenvalue weighted by molar-refractivity contribution is -0.118. The molecule has 4 nitrogen and oxygen atoms in total. The summed E-state index contributed by atoms with van der Waals surface area (Å²) in [5.41, 5.74) is 5.41. The van der Waals surface area contributed by atoms with Crippen LogP contribution in [0.15, 0.2) is 56.5 Å². The summed E-state index contributed by atoms with van der Waals surface area (Å²) in [7, 11) is 1.62. The normalized spacial score (nSPS) is 11.3. The number of carbonyl (C=O) groups excluding carboxylic acids is 1. The molecule has 0 radical (unpaired) electrons. The van der Waals surface area contributed by atoms with Crippen LogP contribution in [-0.2, 0) is 10.5 Å². The molecular weight excluding hydrogens is 468 g/mol. The van der Waals surface area contributed by atoms with Gasteiger partial charge >= 0.3 is 0 Å². The van der Waals surface area contributed by atoms with Crippen molar-refractivity contribution in [1.29, 1.82) is 0 Å². The van der Waals surface area contributed by atoms with Gasteiger partial charge < -0.3 is 4.74 Å². The maximum Gasteiger partial charge on any atom is 0.250 e. The molecule has 1 N–H and O–H groups in total. The molecule has 0 saturated heterocycles. The third-order valence-corrected chi connectivity index (χ3v) is 5.74. The second kappa shape index (κ2) is 9.99. The van der Waals surface area contributed by atoms with Crippen molar-refractivity contribution in [2.45, 2.75) is 12.7 Å². The Morgan fingerprint density at radius 1 is 1.20 bits per heavy atom. The summed E-state index contributed by atoms with van der Waals surface area (Å²) in [6.45, 7) is 1.85. The molecule has 0 atom stereocenters. The van der Waals surface area contributed by atoms with Crippen molar-refractivity contribution >= 4 is 55.2 Å². The fraction of sp³-hybridized carbons (Fsp3) is 0.222. The van der Waals surface area contributed by atoms with Gasteiger partial charge in [0.2, 0.25) is 5.91 Å². The van der Waals surface area contributed by atoms with Gasteiger partial charge in [0, 0.05) is 10.2 Å². The van der Waals surface area contributed by atoms with Crippen LogP contribution in [0.1, 0.15) is 18.1 Å². The zero-order valence-corrected chi connectivity index (χ0v) is 17.9. The Morgan fingerprint density at radius 3 is 2.64 bits per heavy atom. The summed E-state index contributed by atoms with van der Waals surface area (Å²) in [5.74, 6) is 1.75. The molecule has 0 saturated carbocycles. The Morgan fingerprint density at radius 2 is 1.96 bits per heavy atom. The number of nitrogens with one attached hydrogen (secondary N) is 1. The number of benzene rings is 2. The Hall–Kier alpha value is -1.31. The Labute approximate surface area is 168 Å². The quantitative estimate of drug-likeness (QED) is 0.443. The van der Waals surface area contributed by atoms with Crippen molar-refractivity contribution < 1.29 is 9.53 Å². The molecule has 0 spiro atoms. The van der Waals surface area contributed by atoms with E-state index in [1.165, 1.54) is 5.56 Å². The topological polar surface area (TPSA) is 50.7 Å². The number of rotatable bonds is 7. The highest BCUT2D eigenvalue weighted by atomic mass is 79.9. The summed E-state index contributed by atoms with van der Waals surface area (Å²) >= 11 is 8.50. The van der Waals surface area contributed by atoms with Crippen molar-refractivity contribution in [2.75, 3.05) is 12.9 Å². The molecule has 0 bridgehead atoms. The molecule has 0 unspecified atom stereocenters. The first-order valence-electron chi connectivity index (χ1n) is 7.49. The molecule has 7 heteroatoms. The van der Waals surface area contributed by atoms with Crippen molar-refractivity contribution in [1.82, 2.24) is 5.43 Å². The van der Waals surface area contributed by atoms with Gasteiger partial charge in [-0.2, -0.15) is 5.10 Å². The van der Waals surface area contributed by atoms with Gasteiger partial charge in [-0.15, -0.1) is 11.8 Å². The van der Waals surface area contributed by atoms with Gasteiger partial charge in [0.1, 0.15) is 5.75 Å². The molecule has 0 aliphatic heterocycles. The van der Waals surface area contributed by atoms with E-state index in [0.29, 0.717) is 5.75 Å². The van der Waals surface area contributed by atoms with Crippen LogP contribution in [0.5, 0.6) is 5.75 Å². The van der Waals surface area contributed by atoms with Gasteiger partial charge in [0.05, 0.1) is 23.0 Å². The minimum atomic E-state index is -0.121. The van der Waals surface area contributed by atoms with Gasteiger partial charge in [-0.25, -0.2) is 5.43 Å². The highest BCUT2D eigenvalue weighted by Crippen LogP contribution is 2.25. The minimum absolute atomic E-state index is 0.121. The fourth-order valence-corrected chi connectivity index (χ4v) is 3.98. The summed E-state index contributed by atoms with van der Waals surface area (Å²) in [6.07, 6.45) is 0. The Kier molecular flexibility index (Phi) is 7.99. The average Bonchev–Trinajstić information content (AvgIpc) is 2.61. The SMILES string of the molecule is COc1ccc(/C(C)=N/NC(=O)CSCc2ccccc2Br)cc1Br. The number of carbonyl (C=O) groups is 1. The molecule has 0 heterocycles. The van der Waals surface area contributed by atoms with Crippen LogP contribution >= 0.6 is 43.6 Å². The highest BCUT2D eigenvalue weighted by Gasteiger charge is 2.06. The van der Waals surface area contributed by atoms with Crippen molar-refractivity contribution in [3.63, 3.8) is 0 Å². The van der Waals surface area contributed by atoms with Crippen molar-refractivity contribution in [3.8, 4) is 5.75 Å². The molecule has 2 aromatic carbocycles. The van der Waals surface area contributed by atoms with Gasteiger partial charge in [-0.05, 0) is 58.2 Å². The standard InChI is InChI=1S/C18H18Br2N2O2S/c1-12(13-7-8-17(24-2)16(20)9-13)21-22-18(23)11-25-10-14-5-3-4-6-15(14)19/h3-9H,10-11H2,1-2H3,(H,22,23)/b21-12+. The van der Waals surface area contributed by atoms with E-state index in [2.05, 4.69) is 42.4 Å². The van der Waals surface area contributed by atoms with E-state index in [4.69, 9.17) is 4.74 Å². The van der Waals surface area contributed by atoms with Crippen LogP contribution < -0.4 is 10.2 Å². The van der Waals surface area contributed by atoms with E-state index < -0.39 is 0 Å². The first-order valence-corrected chi connectivity index (χ1v) is 10.2. The van der Waals surface area contributed by atoms with Crippen LogP contribution in [0.4, 0.5) is 0 Å². The van der Waals surface area contributed by atoms with Gasteiger partial charge in [0.15, 0.2) is 0 Å². The molecule has 2 aromatic rings. The second-order valence-electron chi connectivity index (χ2n) is 5.17. The molecular formula is C18H18Br2N2O2S. The lowest BCUT2D eigenvalue weighted by Gasteiger charge is -2.07. The third kappa shape index (κ3) is 6.17. The molecule has 25 heavy (non-hydrogen) atoms. The van der Waals surface area contributed by atoms with E-state index >= 15 is 0 Å². The van der Waals surface area contributed by atoms with E-state index in [-0.39, 0.29) is 5.91 Å². The number of hydrogen-bond acceptors (Lipinski definition) is 4. The van der Waals surface area contributed by atoms with E-state index in [1.807, 2.05) is 49.4 Å². The smallest absolute Gasteiger partial charge is 0.250 e. The fourth-order valence-electron chi connectivity index (χ4n) is 2.00.